The topological polar surface area (TPSA) is 85.3 Å². The minimum Gasteiger partial charge on any atom is -0.304 e. The molecular weight excluding hydrogens is 287 g/mol. The predicted octanol–water partition coefficient (Wildman–Crippen LogP) is 3.45. The van der Waals surface area contributed by atoms with Gasteiger partial charge in [0.1, 0.15) is 0 Å². The summed E-state index contributed by atoms with van der Waals surface area (Å²) in [5.41, 5.74) is 6.94. The molecule has 0 amide bonds. The Bertz CT molecular complexity index is 526. The molecule has 1 aromatic rings. The zero-order valence-corrected chi connectivity index (χ0v) is 13.8. The number of hydrogen-bond donors (Lipinski definition) is 1. The summed E-state index contributed by atoms with van der Waals surface area (Å²) in [4.78, 5) is 0. The van der Waals surface area contributed by atoms with E-state index in [1.807, 2.05) is 36.4 Å². The van der Waals surface area contributed by atoms with Crippen LogP contribution in [0, 0.1) is 11.3 Å². The number of nitrogens with zero attached hydrogens (tertiary/aromatic N) is 1. The number of nitrogens with two attached hydrogens (primary N) is 1. The average molecular weight is 310 g/mol. The van der Waals surface area contributed by atoms with Crippen LogP contribution >= 0.6 is 7.60 Å². The highest BCUT2D eigenvalue weighted by molar-refractivity contribution is 7.56. The Kier molecular flexibility index (Phi) is 6.12. The van der Waals surface area contributed by atoms with Crippen LogP contribution in [-0.4, -0.2) is 17.5 Å². The van der Waals surface area contributed by atoms with Gasteiger partial charge in [0.25, 0.3) is 0 Å². The van der Waals surface area contributed by atoms with E-state index in [1.165, 1.54) is 0 Å². The van der Waals surface area contributed by atoms with Gasteiger partial charge in [0.2, 0.25) is 5.28 Å². The second-order valence-corrected chi connectivity index (χ2v) is 7.72. The molecule has 0 aliphatic rings. The molecule has 0 aromatic heterocycles. The molecule has 21 heavy (non-hydrogen) atoms. The molecule has 5 nitrogen and oxygen atoms in total. The number of nitriles is 1. The van der Waals surface area contributed by atoms with Crippen molar-refractivity contribution in [2.45, 2.75) is 51.6 Å². The van der Waals surface area contributed by atoms with E-state index in [2.05, 4.69) is 0 Å². The zero-order valence-electron chi connectivity index (χ0n) is 12.9. The number of rotatable bonds is 7. The van der Waals surface area contributed by atoms with Gasteiger partial charge in [-0.05, 0) is 33.3 Å². The second-order valence-electron chi connectivity index (χ2n) is 5.50. The fourth-order valence-electron chi connectivity index (χ4n) is 1.87. The van der Waals surface area contributed by atoms with Crippen LogP contribution in [0.25, 0.3) is 0 Å². The molecule has 0 saturated heterocycles. The first-order chi connectivity index (χ1) is 9.72. The average Bonchev–Trinajstić information content (AvgIpc) is 2.37. The number of hydrogen-bond acceptors (Lipinski definition) is 5. The third-order valence-electron chi connectivity index (χ3n) is 2.70. The lowest BCUT2D eigenvalue weighted by Crippen LogP contribution is -2.42. The standard InChI is InChI=1S/C15H23N2O3P/c1-12(2)19-21(18,20-13(3)4)15(17,11-16)10-14-8-6-5-7-9-14/h5-9,12-13H,10,17H2,1-4H3. The summed E-state index contributed by atoms with van der Waals surface area (Å²) in [6.45, 7) is 6.93. The van der Waals surface area contributed by atoms with Gasteiger partial charge >= 0.3 is 7.60 Å². The lowest BCUT2D eigenvalue weighted by atomic mass is 10.1. The Balaban J connectivity index is 3.16. The molecule has 0 aliphatic heterocycles. The molecule has 116 valence electrons. The van der Waals surface area contributed by atoms with Crippen LogP contribution in [0.3, 0.4) is 0 Å². The Labute approximate surface area is 126 Å². The monoisotopic (exact) mass is 310 g/mol. The molecule has 0 spiro atoms. The molecule has 2 N–H and O–H groups in total. The highest BCUT2D eigenvalue weighted by Crippen LogP contribution is 2.60. The molecule has 1 rings (SSSR count). The molecule has 1 aromatic carbocycles. The van der Waals surface area contributed by atoms with Gasteiger partial charge in [-0.3, -0.25) is 4.57 Å². The first-order valence-electron chi connectivity index (χ1n) is 6.93. The van der Waals surface area contributed by atoms with Crippen molar-refractivity contribution in [3.63, 3.8) is 0 Å². The highest BCUT2D eigenvalue weighted by atomic mass is 31.2. The Morgan fingerprint density at radius 3 is 2.05 bits per heavy atom. The minimum atomic E-state index is -3.80. The summed E-state index contributed by atoms with van der Waals surface area (Å²) < 4.78 is 24.0. The normalized spacial score (nSPS) is 15.0. The van der Waals surface area contributed by atoms with E-state index in [0.717, 1.165) is 5.56 Å². The van der Waals surface area contributed by atoms with Crippen LogP contribution in [0.5, 0.6) is 0 Å². The van der Waals surface area contributed by atoms with Crippen LogP contribution in [0.4, 0.5) is 0 Å². The van der Waals surface area contributed by atoms with Crippen molar-refractivity contribution in [2.24, 2.45) is 5.73 Å². The minimum absolute atomic E-state index is 0.0983. The summed E-state index contributed by atoms with van der Waals surface area (Å²) >= 11 is 0. The zero-order chi connectivity index (χ0) is 16.1. The van der Waals surface area contributed by atoms with Crippen molar-refractivity contribution in [2.75, 3.05) is 0 Å². The van der Waals surface area contributed by atoms with Gasteiger partial charge in [0.05, 0.1) is 18.3 Å². The van der Waals surface area contributed by atoms with E-state index in [1.54, 1.807) is 27.7 Å². The molecule has 0 saturated carbocycles. The highest BCUT2D eigenvalue weighted by Gasteiger charge is 2.50. The molecule has 0 fully saturated rings. The fourth-order valence-corrected chi connectivity index (χ4v) is 3.91. The maximum absolute atomic E-state index is 13.1. The van der Waals surface area contributed by atoms with Crippen LogP contribution in [0.2, 0.25) is 0 Å². The van der Waals surface area contributed by atoms with E-state index in [9.17, 15) is 9.83 Å². The summed E-state index contributed by atoms with van der Waals surface area (Å²) in [6.07, 6.45) is -0.621. The van der Waals surface area contributed by atoms with E-state index >= 15 is 0 Å². The lowest BCUT2D eigenvalue weighted by Gasteiger charge is -2.33. The molecule has 6 heteroatoms. The summed E-state index contributed by atoms with van der Waals surface area (Å²) in [7, 11) is -3.80. The number of benzene rings is 1. The van der Waals surface area contributed by atoms with E-state index in [0.29, 0.717) is 0 Å². The van der Waals surface area contributed by atoms with Crippen molar-refractivity contribution < 1.29 is 13.6 Å². The molecule has 1 atom stereocenters. The smallest absolute Gasteiger partial charge is 0.304 e. The van der Waals surface area contributed by atoms with Crippen LogP contribution in [0.15, 0.2) is 30.3 Å². The maximum Gasteiger partial charge on any atom is 0.365 e. The summed E-state index contributed by atoms with van der Waals surface area (Å²) in [5.74, 6) is 0. The van der Waals surface area contributed by atoms with Crippen LogP contribution in [0.1, 0.15) is 33.3 Å². The Morgan fingerprint density at radius 2 is 1.67 bits per heavy atom. The summed E-state index contributed by atoms with van der Waals surface area (Å²) in [5, 5.41) is 7.78. The van der Waals surface area contributed by atoms with E-state index in [-0.39, 0.29) is 18.6 Å². The first-order valence-corrected chi connectivity index (χ1v) is 8.47. The maximum atomic E-state index is 13.1. The van der Waals surface area contributed by atoms with Gasteiger partial charge < -0.3 is 14.8 Å². The van der Waals surface area contributed by atoms with Crippen molar-refractivity contribution in [3.8, 4) is 6.07 Å². The van der Waals surface area contributed by atoms with Gasteiger partial charge in [-0.2, -0.15) is 5.26 Å². The molecule has 1 unspecified atom stereocenters. The van der Waals surface area contributed by atoms with Crippen molar-refractivity contribution in [1.82, 2.24) is 0 Å². The predicted molar refractivity (Wildman–Crippen MR) is 82.7 cm³/mol. The van der Waals surface area contributed by atoms with Gasteiger partial charge in [0, 0.05) is 6.42 Å². The molecule has 0 bridgehead atoms. The molecular formula is C15H23N2O3P. The van der Waals surface area contributed by atoms with Gasteiger partial charge in [-0.1, -0.05) is 30.3 Å². The second kappa shape index (κ2) is 7.20. The van der Waals surface area contributed by atoms with Crippen molar-refractivity contribution in [3.05, 3.63) is 35.9 Å². The largest absolute Gasteiger partial charge is 0.365 e. The van der Waals surface area contributed by atoms with Gasteiger partial charge in [-0.25, -0.2) is 0 Å². The summed E-state index contributed by atoms with van der Waals surface area (Å²) in [6, 6.07) is 11.1. The fraction of sp³-hybridized carbons (Fsp3) is 0.533. The SMILES string of the molecule is CC(C)OP(=O)(OC(C)C)C(N)(C#N)Cc1ccccc1. The first kappa shape index (κ1) is 17.9. The van der Waals surface area contributed by atoms with E-state index < -0.39 is 12.9 Å². The molecule has 0 heterocycles. The quantitative estimate of drug-likeness (QED) is 0.780. The van der Waals surface area contributed by atoms with Gasteiger partial charge in [0.15, 0.2) is 0 Å². The van der Waals surface area contributed by atoms with Crippen LogP contribution < -0.4 is 5.73 Å². The Morgan fingerprint density at radius 1 is 1.19 bits per heavy atom. The lowest BCUT2D eigenvalue weighted by molar-refractivity contribution is 0.131. The van der Waals surface area contributed by atoms with E-state index in [4.69, 9.17) is 14.8 Å². The Hall–Kier alpha value is -1.18. The third kappa shape index (κ3) is 4.66. The molecule has 0 aliphatic carbocycles. The third-order valence-corrected chi connectivity index (χ3v) is 5.33. The van der Waals surface area contributed by atoms with Crippen molar-refractivity contribution >= 4 is 7.60 Å². The van der Waals surface area contributed by atoms with Gasteiger partial charge in [-0.15, -0.1) is 0 Å². The van der Waals surface area contributed by atoms with Crippen LogP contribution in [-0.2, 0) is 20.0 Å². The van der Waals surface area contributed by atoms with Crippen molar-refractivity contribution in [1.29, 1.82) is 5.26 Å². The molecule has 0 radical (unpaired) electrons.